The Kier molecular flexibility index (Phi) is 2.79. The van der Waals surface area contributed by atoms with Crippen LogP contribution in [0.1, 0.15) is 18.1 Å². The third-order valence-electron chi connectivity index (χ3n) is 2.78. The molecule has 0 aliphatic heterocycles. The third kappa shape index (κ3) is 1.85. The minimum Gasteiger partial charge on any atom is -0.115 e. The van der Waals surface area contributed by atoms with Crippen LogP contribution in [0, 0.1) is 19.3 Å². The summed E-state index contributed by atoms with van der Waals surface area (Å²) < 4.78 is 0. The molecule has 2 aromatic carbocycles. The highest BCUT2D eigenvalue weighted by Gasteiger charge is 2.01. The van der Waals surface area contributed by atoms with Crippen LogP contribution in [-0.4, -0.2) is 0 Å². The Morgan fingerprint density at radius 2 is 1.94 bits per heavy atom. The van der Waals surface area contributed by atoms with E-state index in [1.807, 2.05) is 6.92 Å². The standard InChI is InChI=1S/C16H14/c1-4-12(2)11-16-13(3)9-10-14-7-5-6-8-15(14)16/h1,5-11H,2-3H3. The maximum absolute atomic E-state index is 5.40. The van der Waals surface area contributed by atoms with Gasteiger partial charge in [-0.3, -0.25) is 0 Å². The van der Waals surface area contributed by atoms with Crippen molar-refractivity contribution in [1.29, 1.82) is 0 Å². The Labute approximate surface area is 96.6 Å². The van der Waals surface area contributed by atoms with Crippen molar-refractivity contribution in [3.63, 3.8) is 0 Å². The molecule has 78 valence electrons. The number of hydrogen-bond acceptors (Lipinski definition) is 0. The second-order valence-corrected chi connectivity index (χ2v) is 3.99. The molecule has 0 spiro atoms. The molecule has 0 unspecified atom stereocenters. The molecule has 0 saturated carbocycles. The molecule has 0 aromatic heterocycles. The van der Waals surface area contributed by atoms with E-state index in [1.54, 1.807) is 0 Å². The van der Waals surface area contributed by atoms with E-state index in [4.69, 9.17) is 6.42 Å². The van der Waals surface area contributed by atoms with Crippen LogP contribution < -0.4 is 0 Å². The molecule has 0 saturated heterocycles. The Bertz CT molecular complexity index is 595. The summed E-state index contributed by atoms with van der Waals surface area (Å²) >= 11 is 0. The zero-order valence-corrected chi connectivity index (χ0v) is 9.62. The maximum atomic E-state index is 5.40. The zero-order valence-electron chi connectivity index (χ0n) is 9.62. The van der Waals surface area contributed by atoms with Crippen molar-refractivity contribution in [2.75, 3.05) is 0 Å². The highest BCUT2D eigenvalue weighted by atomic mass is 14.1. The Morgan fingerprint density at radius 3 is 2.69 bits per heavy atom. The van der Waals surface area contributed by atoms with Crippen molar-refractivity contribution in [1.82, 2.24) is 0 Å². The van der Waals surface area contributed by atoms with Gasteiger partial charge in [0.25, 0.3) is 0 Å². The molecule has 2 aromatic rings. The quantitative estimate of drug-likeness (QED) is 0.614. The molecular formula is C16H14. The van der Waals surface area contributed by atoms with E-state index in [0.717, 1.165) is 5.57 Å². The van der Waals surface area contributed by atoms with Crippen molar-refractivity contribution in [2.45, 2.75) is 13.8 Å². The van der Waals surface area contributed by atoms with E-state index >= 15 is 0 Å². The highest BCUT2D eigenvalue weighted by Crippen LogP contribution is 2.24. The van der Waals surface area contributed by atoms with Gasteiger partial charge >= 0.3 is 0 Å². The van der Waals surface area contributed by atoms with Gasteiger partial charge in [0.05, 0.1) is 0 Å². The first-order valence-electron chi connectivity index (χ1n) is 5.35. The predicted molar refractivity (Wildman–Crippen MR) is 71.2 cm³/mol. The van der Waals surface area contributed by atoms with Crippen molar-refractivity contribution < 1.29 is 0 Å². The van der Waals surface area contributed by atoms with Gasteiger partial charge in [-0.1, -0.05) is 42.3 Å². The molecule has 2 rings (SSSR count). The summed E-state index contributed by atoms with van der Waals surface area (Å²) in [5, 5.41) is 2.52. The van der Waals surface area contributed by atoms with Gasteiger partial charge in [-0.05, 0) is 47.4 Å². The smallest absolute Gasteiger partial charge is 0.000720 e. The Morgan fingerprint density at radius 1 is 1.19 bits per heavy atom. The van der Waals surface area contributed by atoms with Crippen molar-refractivity contribution in [3.05, 3.63) is 53.1 Å². The van der Waals surface area contributed by atoms with E-state index in [9.17, 15) is 0 Å². The molecule has 0 aliphatic rings. The Hall–Kier alpha value is -2.00. The lowest BCUT2D eigenvalue weighted by molar-refractivity contribution is 1.47. The summed E-state index contributed by atoms with van der Waals surface area (Å²) in [4.78, 5) is 0. The minimum atomic E-state index is 0.958. The van der Waals surface area contributed by atoms with Crippen LogP contribution in [-0.2, 0) is 0 Å². The van der Waals surface area contributed by atoms with Crippen LogP contribution in [0.3, 0.4) is 0 Å². The number of fused-ring (bicyclic) bond motifs is 1. The van der Waals surface area contributed by atoms with Crippen molar-refractivity contribution in [2.24, 2.45) is 0 Å². The van der Waals surface area contributed by atoms with E-state index in [1.165, 1.54) is 21.9 Å². The molecule has 0 heteroatoms. The fourth-order valence-corrected chi connectivity index (χ4v) is 1.85. The molecule has 0 N–H and O–H groups in total. The number of terminal acetylenes is 1. The summed E-state index contributed by atoms with van der Waals surface area (Å²) in [6, 6.07) is 12.7. The zero-order chi connectivity index (χ0) is 11.5. The largest absolute Gasteiger partial charge is 0.115 e. The molecule has 0 aliphatic carbocycles. The summed E-state index contributed by atoms with van der Waals surface area (Å²) in [7, 11) is 0. The molecular weight excluding hydrogens is 192 g/mol. The first kappa shape index (κ1) is 10.5. The molecule has 0 heterocycles. The van der Waals surface area contributed by atoms with Crippen molar-refractivity contribution in [3.8, 4) is 12.3 Å². The van der Waals surface area contributed by atoms with E-state index in [-0.39, 0.29) is 0 Å². The molecule has 0 fully saturated rings. The second kappa shape index (κ2) is 4.24. The average Bonchev–Trinajstić information content (AvgIpc) is 2.32. The fraction of sp³-hybridized carbons (Fsp3) is 0.125. The van der Waals surface area contributed by atoms with Crippen LogP contribution in [0.15, 0.2) is 42.0 Å². The van der Waals surface area contributed by atoms with E-state index in [2.05, 4.69) is 55.3 Å². The van der Waals surface area contributed by atoms with Gasteiger partial charge in [-0.2, -0.15) is 0 Å². The monoisotopic (exact) mass is 206 g/mol. The minimum absolute atomic E-state index is 0.958. The van der Waals surface area contributed by atoms with Crippen LogP contribution in [0.4, 0.5) is 0 Å². The normalized spacial score (nSPS) is 11.4. The van der Waals surface area contributed by atoms with Gasteiger partial charge in [0.2, 0.25) is 0 Å². The second-order valence-electron chi connectivity index (χ2n) is 3.99. The predicted octanol–water partition coefficient (Wildman–Crippen LogP) is 4.18. The molecule has 0 atom stereocenters. The van der Waals surface area contributed by atoms with E-state index in [0.29, 0.717) is 0 Å². The first-order valence-corrected chi connectivity index (χ1v) is 5.35. The van der Waals surface area contributed by atoms with E-state index < -0.39 is 0 Å². The molecule has 16 heavy (non-hydrogen) atoms. The lowest BCUT2D eigenvalue weighted by atomic mass is 9.98. The van der Waals surface area contributed by atoms with Crippen LogP contribution in [0.5, 0.6) is 0 Å². The molecule has 0 bridgehead atoms. The van der Waals surface area contributed by atoms with Gasteiger partial charge < -0.3 is 0 Å². The summed E-state index contributed by atoms with van der Waals surface area (Å²) in [5.74, 6) is 2.67. The number of aryl methyl sites for hydroxylation is 1. The van der Waals surface area contributed by atoms with Crippen LogP contribution in [0.2, 0.25) is 0 Å². The van der Waals surface area contributed by atoms with Gasteiger partial charge in [-0.25, -0.2) is 0 Å². The summed E-state index contributed by atoms with van der Waals surface area (Å²) in [6.07, 6.45) is 7.48. The Balaban J connectivity index is 2.77. The van der Waals surface area contributed by atoms with Gasteiger partial charge in [0, 0.05) is 0 Å². The van der Waals surface area contributed by atoms with Crippen molar-refractivity contribution >= 4 is 16.8 Å². The number of rotatable bonds is 1. The topological polar surface area (TPSA) is 0 Å². The lowest BCUT2D eigenvalue weighted by Gasteiger charge is -2.06. The van der Waals surface area contributed by atoms with Gasteiger partial charge in [0.1, 0.15) is 0 Å². The molecule has 0 radical (unpaired) electrons. The maximum Gasteiger partial charge on any atom is -0.000720 e. The van der Waals surface area contributed by atoms with Gasteiger partial charge in [0.15, 0.2) is 0 Å². The summed E-state index contributed by atoms with van der Waals surface area (Å²) in [5.41, 5.74) is 3.45. The van der Waals surface area contributed by atoms with Crippen LogP contribution in [0.25, 0.3) is 16.8 Å². The highest BCUT2D eigenvalue weighted by molar-refractivity contribution is 5.92. The lowest BCUT2D eigenvalue weighted by Crippen LogP contribution is -1.84. The molecule has 0 nitrogen and oxygen atoms in total. The first-order chi connectivity index (χ1) is 7.72. The van der Waals surface area contributed by atoms with Crippen LogP contribution >= 0.6 is 0 Å². The fourth-order valence-electron chi connectivity index (χ4n) is 1.85. The number of hydrogen-bond donors (Lipinski definition) is 0. The molecule has 0 amide bonds. The number of allylic oxidation sites excluding steroid dienone is 1. The van der Waals surface area contributed by atoms with Gasteiger partial charge in [-0.15, -0.1) is 6.42 Å². The number of benzene rings is 2. The third-order valence-corrected chi connectivity index (χ3v) is 2.78. The average molecular weight is 206 g/mol. The summed E-state index contributed by atoms with van der Waals surface area (Å²) in [6.45, 7) is 4.07. The SMILES string of the molecule is C#CC(C)=Cc1c(C)ccc2ccccc12.